The Bertz CT molecular complexity index is 1980. The molecule has 11 nitrogen and oxygen atoms in total. The van der Waals surface area contributed by atoms with Gasteiger partial charge in [-0.25, -0.2) is 21.6 Å². The van der Waals surface area contributed by atoms with Crippen LogP contribution in [-0.2, 0) is 40.7 Å². The highest BCUT2D eigenvalue weighted by Gasteiger charge is 2.53. The van der Waals surface area contributed by atoms with Crippen molar-refractivity contribution in [2.45, 2.75) is 91.0 Å². The molecule has 2 amide bonds. The van der Waals surface area contributed by atoms with Crippen molar-refractivity contribution in [3.63, 3.8) is 0 Å². The molecule has 270 valence electrons. The van der Waals surface area contributed by atoms with Crippen molar-refractivity contribution in [2.75, 3.05) is 5.32 Å². The summed E-state index contributed by atoms with van der Waals surface area (Å²) >= 11 is 0. The van der Waals surface area contributed by atoms with Crippen molar-refractivity contribution in [1.82, 2.24) is 9.62 Å². The molecule has 9 rings (SSSR count). The molecule has 4 bridgehead atoms. The molecule has 0 radical (unpaired) electrons. The molecule has 6 fully saturated rings. The van der Waals surface area contributed by atoms with E-state index in [-0.39, 0.29) is 45.9 Å². The van der Waals surface area contributed by atoms with E-state index in [1.165, 1.54) is 16.4 Å². The summed E-state index contributed by atoms with van der Waals surface area (Å²) < 4.78 is 56.4. The molecule has 3 aromatic rings. The number of rotatable bonds is 11. The number of carbonyl (C=O) groups is 3. The van der Waals surface area contributed by atoms with E-state index in [0.717, 1.165) is 25.7 Å². The number of nitrogens with one attached hydrogen (secondary N) is 2. The summed E-state index contributed by atoms with van der Waals surface area (Å²) in [6.45, 7) is 0. The van der Waals surface area contributed by atoms with Crippen LogP contribution in [0.5, 0.6) is 0 Å². The van der Waals surface area contributed by atoms with Gasteiger partial charge < -0.3 is 15.7 Å². The van der Waals surface area contributed by atoms with E-state index in [1.54, 1.807) is 72.8 Å². The maximum absolute atomic E-state index is 13.8. The van der Waals surface area contributed by atoms with Gasteiger partial charge in [0.1, 0.15) is 12.1 Å². The molecule has 51 heavy (non-hydrogen) atoms. The number of anilines is 1. The van der Waals surface area contributed by atoms with Gasteiger partial charge in [0, 0.05) is 18.2 Å². The highest BCUT2D eigenvalue weighted by molar-refractivity contribution is 7.92. The number of fused-ring (bicyclic) bond motifs is 6. The molecule has 4 saturated carbocycles. The van der Waals surface area contributed by atoms with Crippen molar-refractivity contribution in [2.24, 2.45) is 23.7 Å². The van der Waals surface area contributed by atoms with Crippen LogP contribution in [-0.4, -0.2) is 67.4 Å². The van der Waals surface area contributed by atoms with Crippen LogP contribution in [0.2, 0.25) is 0 Å². The van der Waals surface area contributed by atoms with Gasteiger partial charge in [-0.1, -0.05) is 48.5 Å². The summed E-state index contributed by atoms with van der Waals surface area (Å²) in [4.78, 5) is 40.3. The average molecular weight is 734 g/mol. The molecule has 13 heteroatoms. The summed E-state index contributed by atoms with van der Waals surface area (Å²) in [5.74, 6) is -3.23. The fraction of sp³-hybridized carbons (Fsp3) is 0.447. The van der Waals surface area contributed by atoms with Crippen molar-refractivity contribution >= 4 is 43.3 Å². The van der Waals surface area contributed by atoms with Crippen molar-refractivity contribution in [3.05, 3.63) is 90.5 Å². The highest BCUT2D eigenvalue weighted by atomic mass is 32.2. The SMILES string of the molecule is O=C(O)C(Cc1ccc(NC(=O)C2C3CCC(CC3)C2S(=O)(=O)c2ccccc2)cc1)NC(=O)C1C2CCC(CC2)N1S(=O)(=O)c1ccccc1. The first-order chi connectivity index (χ1) is 24.4. The molecule has 3 N–H and O–H groups in total. The summed E-state index contributed by atoms with van der Waals surface area (Å²) in [7, 11) is -7.74. The van der Waals surface area contributed by atoms with Crippen LogP contribution >= 0.6 is 0 Å². The number of benzene rings is 3. The van der Waals surface area contributed by atoms with Crippen LogP contribution < -0.4 is 10.6 Å². The third-order valence-electron chi connectivity index (χ3n) is 11.6. The molecule has 2 aliphatic heterocycles. The van der Waals surface area contributed by atoms with Gasteiger partial charge in [0.05, 0.1) is 21.0 Å². The third-order valence-corrected chi connectivity index (χ3v) is 15.8. The number of hydrogen-bond donors (Lipinski definition) is 3. The first-order valence-corrected chi connectivity index (χ1v) is 20.7. The number of piperidine rings is 2. The Balaban J connectivity index is 1.04. The second kappa shape index (κ2) is 14.2. The monoisotopic (exact) mass is 733 g/mol. The van der Waals surface area contributed by atoms with E-state index < -0.39 is 55.0 Å². The van der Waals surface area contributed by atoms with Gasteiger partial charge >= 0.3 is 5.97 Å². The molecule has 2 saturated heterocycles. The zero-order valence-corrected chi connectivity index (χ0v) is 29.8. The predicted octanol–water partition coefficient (Wildman–Crippen LogP) is 4.65. The number of carboxylic acids is 1. The zero-order valence-electron chi connectivity index (χ0n) is 28.1. The van der Waals surface area contributed by atoms with Crippen molar-refractivity contribution in [3.8, 4) is 0 Å². The molecule has 4 atom stereocenters. The van der Waals surface area contributed by atoms with Crippen LogP contribution in [0.4, 0.5) is 5.69 Å². The Labute approximate surface area is 298 Å². The lowest BCUT2D eigenvalue weighted by Crippen LogP contribution is -2.63. The van der Waals surface area contributed by atoms with Gasteiger partial charge in [-0.3, -0.25) is 9.59 Å². The Kier molecular flexibility index (Phi) is 9.81. The fourth-order valence-electron chi connectivity index (χ4n) is 9.11. The Morgan fingerprint density at radius 1 is 0.686 bits per heavy atom. The van der Waals surface area contributed by atoms with E-state index in [4.69, 9.17) is 0 Å². The second-order valence-electron chi connectivity index (χ2n) is 14.5. The zero-order chi connectivity index (χ0) is 35.9. The van der Waals surface area contributed by atoms with Gasteiger partial charge in [-0.2, -0.15) is 4.31 Å². The lowest BCUT2D eigenvalue weighted by Gasteiger charge is -2.49. The minimum atomic E-state index is -4.00. The van der Waals surface area contributed by atoms with E-state index >= 15 is 0 Å². The first-order valence-electron chi connectivity index (χ1n) is 17.8. The van der Waals surface area contributed by atoms with E-state index in [0.29, 0.717) is 36.9 Å². The number of carbonyl (C=O) groups excluding carboxylic acids is 2. The summed E-state index contributed by atoms with van der Waals surface area (Å²) in [5.41, 5.74) is 1.04. The number of amides is 2. The summed E-state index contributed by atoms with van der Waals surface area (Å²) in [6, 6.07) is 20.3. The van der Waals surface area contributed by atoms with E-state index in [1.807, 2.05) is 0 Å². The molecule has 0 aromatic heterocycles. The molecule has 3 aromatic carbocycles. The first kappa shape index (κ1) is 35.3. The smallest absolute Gasteiger partial charge is 0.326 e. The molecule has 6 aliphatic rings. The van der Waals surface area contributed by atoms with Crippen LogP contribution in [0, 0.1) is 23.7 Å². The summed E-state index contributed by atoms with van der Waals surface area (Å²) in [5, 5.41) is 14.9. The standard InChI is InChI=1S/C38H43N3O8S2/c42-36(33-25-13-15-27(16-14-25)35(33)50(46,47)30-7-3-1-4-8-30)39-28-19-11-24(12-20-28)23-32(38(44)45)40-37(43)34-26-17-21-29(22-18-26)41(34)51(48,49)31-9-5-2-6-10-31/h1-12,19-20,25-27,29,32-35H,13-18,21-23H2,(H,39,42)(H,40,43)(H,44,45). The maximum Gasteiger partial charge on any atom is 0.326 e. The molecular formula is C38H43N3O8S2. The Morgan fingerprint density at radius 3 is 1.82 bits per heavy atom. The number of sulfone groups is 1. The summed E-state index contributed by atoms with van der Waals surface area (Å²) in [6.07, 6.45) is 5.80. The molecule has 0 spiro atoms. The lowest BCUT2D eigenvalue weighted by atomic mass is 9.64. The van der Waals surface area contributed by atoms with Gasteiger partial charge in [-0.15, -0.1) is 0 Å². The van der Waals surface area contributed by atoms with Gasteiger partial charge in [0.2, 0.25) is 21.8 Å². The molecular weight excluding hydrogens is 691 g/mol. The Morgan fingerprint density at radius 2 is 1.24 bits per heavy atom. The highest BCUT2D eigenvalue weighted by Crippen LogP contribution is 2.50. The lowest BCUT2D eigenvalue weighted by molar-refractivity contribution is -0.143. The number of sulfonamides is 1. The van der Waals surface area contributed by atoms with Crippen molar-refractivity contribution in [1.29, 1.82) is 0 Å². The van der Waals surface area contributed by atoms with E-state index in [9.17, 15) is 36.3 Å². The topological polar surface area (TPSA) is 167 Å². The van der Waals surface area contributed by atoms with Crippen LogP contribution in [0.25, 0.3) is 0 Å². The molecule has 2 heterocycles. The largest absolute Gasteiger partial charge is 0.480 e. The van der Waals surface area contributed by atoms with Gasteiger partial charge in [-0.05, 0) is 111 Å². The van der Waals surface area contributed by atoms with Crippen molar-refractivity contribution < 1.29 is 36.3 Å². The van der Waals surface area contributed by atoms with Gasteiger partial charge in [0.25, 0.3) is 0 Å². The number of nitrogens with zero attached hydrogens (tertiary/aromatic N) is 1. The van der Waals surface area contributed by atoms with Crippen LogP contribution in [0.3, 0.4) is 0 Å². The molecule has 4 aliphatic carbocycles. The minimum absolute atomic E-state index is 0.0318. The van der Waals surface area contributed by atoms with Crippen LogP contribution in [0.15, 0.2) is 94.7 Å². The third kappa shape index (κ3) is 6.83. The number of hydrogen-bond acceptors (Lipinski definition) is 7. The average Bonchev–Trinajstić information content (AvgIpc) is 3.16. The number of aliphatic carboxylic acids is 1. The normalized spacial score (nSPS) is 28.1. The van der Waals surface area contributed by atoms with Gasteiger partial charge in [0.15, 0.2) is 9.84 Å². The van der Waals surface area contributed by atoms with E-state index in [2.05, 4.69) is 10.6 Å². The van der Waals surface area contributed by atoms with Crippen LogP contribution in [0.1, 0.15) is 56.9 Å². The quantitative estimate of drug-likeness (QED) is 0.256. The predicted molar refractivity (Wildman–Crippen MR) is 190 cm³/mol. The fourth-order valence-corrected chi connectivity index (χ4v) is 13.4. The number of carboxylic acid groups (broad SMARTS) is 1. The minimum Gasteiger partial charge on any atom is -0.480 e. The second-order valence-corrected chi connectivity index (χ2v) is 18.4. The maximum atomic E-state index is 13.8. The Hall–Kier alpha value is -4.07. The molecule has 4 unspecified atom stereocenters.